The number of ether oxygens (including phenoxy) is 4. The normalized spacial score (nSPS) is 14.5. The Morgan fingerprint density at radius 1 is 1.07 bits per heavy atom. The molecule has 44 heavy (non-hydrogen) atoms. The van der Waals surface area contributed by atoms with Crippen molar-refractivity contribution in [3.63, 3.8) is 0 Å². The maximum atomic E-state index is 14.2. The first kappa shape index (κ1) is 31.0. The average Bonchev–Trinajstić information content (AvgIpc) is 3.33. The van der Waals surface area contributed by atoms with Crippen LogP contribution in [-0.2, 0) is 14.3 Å². The Balaban J connectivity index is 1.76. The van der Waals surface area contributed by atoms with E-state index in [9.17, 15) is 14.4 Å². The zero-order valence-corrected chi connectivity index (χ0v) is 26.9. The number of carbonyl (C=O) groups is 2. The van der Waals surface area contributed by atoms with E-state index in [0.29, 0.717) is 52.5 Å². The summed E-state index contributed by atoms with van der Waals surface area (Å²) < 4.78 is 24.3. The second-order valence-electron chi connectivity index (χ2n) is 9.42. The van der Waals surface area contributed by atoms with Crippen molar-refractivity contribution in [1.82, 2.24) is 4.57 Å². The van der Waals surface area contributed by atoms with Gasteiger partial charge in [0.2, 0.25) is 0 Å². The molecule has 0 radical (unpaired) electrons. The van der Waals surface area contributed by atoms with Crippen molar-refractivity contribution in [2.75, 3.05) is 27.4 Å². The predicted molar refractivity (Wildman–Crippen MR) is 173 cm³/mol. The summed E-state index contributed by atoms with van der Waals surface area (Å²) in [6, 6.07) is 19.1. The lowest BCUT2D eigenvalue weighted by atomic mass is 9.93. The molecule has 0 spiro atoms. The second-order valence-corrected chi connectivity index (χ2v) is 11.6. The Kier molecular flexibility index (Phi) is 9.49. The summed E-state index contributed by atoms with van der Waals surface area (Å²) in [6.45, 7) is 1.34. The van der Waals surface area contributed by atoms with Gasteiger partial charge in [0.1, 0.15) is 5.75 Å². The van der Waals surface area contributed by atoms with Gasteiger partial charge >= 0.3 is 11.9 Å². The SMILES string of the molecule is CCOC(=O)C1=C(c2ccccc2)N=c2s/c(=C\c3cc(I)c(OCC(=O)O)c(OC)c3)c(=O)n2[C@H]1c1cccc(OC)c1. The first-order valence-corrected chi connectivity index (χ1v) is 15.3. The van der Waals surface area contributed by atoms with Gasteiger partial charge in [-0.25, -0.2) is 14.6 Å². The minimum atomic E-state index is -1.12. The van der Waals surface area contributed by atoms with Crippen LogP contribution in [0, 0.1) is 3.57 Å². The Labute approximate surface area is 269 Å². The van der Waals surface area contributed by atoms with Crippen LogP contribution in [0.4, 0.5) is 0 Å². The molecule has 4 aromatic rings. The lowest BCUT2D eigenvalue weighted by Crippen LogP contribution is -2.40. The van der Waals surface area contributed by atoms with Crippen LogP contribution in [-0.4, -0.2) is 49.0 Å². The second kappa shape index (κ2) is 13.5. The number of hydrogen-bond donors (Lipinski definition) is 1. The van der Waals surface area contributed by atoms with Crippen LogP contribution < -0.4 is 29.1 Å². The number of fused-ring (bicyclic) bond motifs is 1. The number of hydrogen-bond acceptors (Lipinski definition) is 9. The molecule has 0 aliphatic carbocycles. The number of aliphatic carboxylic acids is 1. The van der Waals surface area contributed by atoms with Gasteiger partial charge in [0, 0.05) is 5.56 Å². The van der Waals surface area contributed by atoms with E-state index in [1.165, 1.54) is 23.0 Å². The Morgan fingerprint density at radius 2 is 1.84 bits per heavy atom. The number of esters is 1. The van der Waals surface area contributed by atoms with Crippen LogP contribution in [0.2, 0.25) is 0 Å². The Hall–Kier alpha value is -4.43. The zero-order chi connectivity index (χ0) is 31.4. The summed E-state index contributed by atoms with van der Waals surface area (Å²) in [5.74, 6) is -0.511. The molecule has 0 bridgehead atoms. The number of methoxy groups -OCH3 is 2. The van der Waals surface area contributed by atoms with Gasteiger partial charge in [-0.2, -0.15) is 0 Å². The summed E-state index contributed by atoms with van der Waals surface area (Å²) >= 11 is 3.21. The number of carboxylic acid groups (broad SMARTS) is 1. The van der Waals surface area contributed by atoms with E-state index >= 15 is 0 Å². The maximum Gasteiger partial charge on any atom is 0.341 e. The molecule has 5 rings (SSSR count). The van der Waals surface area contributed by atoms with Crippen LogP contribution in [0.1, 0.15) is 29.7 Å². The van der Waals surface area contributed by atoms with Crippen molar-refractivity contribution >= 4 is 57.6 Å². The highest BCUT2D eigenvalue weighted by Gasteiger charge is 2.35. The van der Waals surface area contributed by atoms with E-state index in [-0.39, 0.29) is 17.7 Å². The molecule has 2 heterocycles. The first-order valence-electron chi connectivity index (χ1n) is 13.4. The standard InChI is InChI=1S/C32H27IN2O8S/c1-4-42-31(39)26-27(19-9-6-5-7-10-19)34-32-35(28(26)20-11-8-12-21(16-20)40-2)30(38)24(44-32)15-18-13-22(33)29(23(14-18)41-3)43-17-25(36)37/h5-16,28H,4,17H2,1-3H3,(H,36,37)/b24-15-/t28-/m0/s1. The van der Waals surface area contributed by atoms with Gasteiger partial charge < -0.3 is 24.1 Å². The van der Waals surface area contributed by atoms with Crippen molar-refractivity contribution in [2.45, 2.75) is 13.0 Å². The number of thiazole rings is 1. The van der Waals surface area contributed by atoms with Gasteiger partial charge in [-0.1, -0.05) is 53.8 Å². The number of carboxylic acids is 1. The number of rotatable bonds is 10. The third-order valence-corrected chi connectivity index (χ3v) is 8.46. The molecule has 12 heteroatoms. The van der Waals surface area contributed by atoms with E-state index in [1.807, 2.05) is 59.0 Å². The van der Waals surface area contributed by atoms with Gasteiger partial charge in [0.15, 0.2) is 22.9 Å². The van der Waals surface area contributed by atoms with Crippen molar-refractivity contribution in [2.24, 2.45) is 4.99 Å². The molecule has 1 atom stereocenters. The molecule has 10 nitrogen and oxygen atoms in total. The highest BCUT2D eigenvalue weighted by Crippen LogP contribution is 2.37. The van der Waals surface area contributed by atoms with Crippen molar-refractivity contribution in [1.29, 1.82) is 0 Å². The topological polar surface area (TPSA) is 126 Å². The van der Waals surface area contributed by atoms with Crippen LogP contribution in [0.3, 0.4) is 0 Å². The Bertz CT molecular complexity index is 1950. The molecule has 0 saturated carbocycles. The molecular weight excluding hydrogens is 699 g/mol. The summed E-state index contributed by atoms with van der Waals surface area (Å²) in [6.07, 6.45) is 1.70. The lowest BCUT2D eigenvalue weighted by molar-refractivity contribution is -0.140. The largest absolute Gasteiger partial charge is 0.497 e. The van der Waals surface area contributed by atoms with Crippen LogP contribution in [0.25, 0.3) is 11.8 Å². The van der Waals surface area contributed by atoms with Gasteiger partial charge in [-0.3, -0.25) is 9.36 Å². The highest BCUT2D eigenvalue weighted by atomic mass is 127. The van der Waals surface area contributed by atoms with E-state index in [1.54, 1.807) is 50.4 Å². The highest BCUT2D eigenvalue weighted by molar-refractivity contribution is 14.1. The number of carbonyl (C=O) groups excluding carboxylic acids is 1. The van der Waals surface area contributed by atoms with E-state index in [0.717, 1.165) is 0 Å². The van der Waals surface area contributed by atoms with Gasteiger partial charge in [0.05, 0.1) is 46.2 Å². The summed E-state index contributed by atoms with van der Waals surface area (Å²) in [4.78, 5) is 44.1. The average molecular weight is 727 g/mol. The summed E-state index contributed by atoms with van der Waals surface area (Å²) in [5.41, 5.74) is 2.29. The fraction of sp³-hybridized carbons (Fsp3) is 0.188. The molecule has 0 saturated heterocycles. The number of benzene rings is 3. The number of nitrogens with zero attached hydrogens (tertiary/aromatic N) is 2. The summed E-state index contributed by atoms with van der Waals surface area (Å²) in [5, 5.41) is 9.04. The van der Waals surface area contributed by atoms with Gasteiger partial charge in [-0.15, -0.1) is 0 Å². The molecule has 0 fully saturated rings. The third kappa shape index (κ3) is 6.26. The third-order valence-electron chi connectivity index (χ3n) is 6.67. The van der Waals surface area contributed by atoms with E-state index < -0.39 is 24.6 Å². The predicted octanol–water partition coefficient (Wildman–Crippen LogP) is 4.02. The van der Waals surface area contributed by atoms with Crippen LogP contribution in [0.5, 0.6) is 17.2 Å². The molecule has 226 valence electrons. The van der Waals surface area contributed by atoms with E-state index in [2.05, 4.69) is 0 Å². The summed E-state index contributed by atoms with van der Waals surface area (Å²) in [7, 11) is 3.00. The van der Waals surface area contributed by atoms with Crippen molar-refractivity contribution in [3.05, 3.63) is 112 Å². The maximum absolute atomic E-state index is 14.2. The molecule has 1 aliphatic rings. The van der Waals surface area contributed by atoms with Gasteiger partial charge in [0.25, 0.3) is 5.56 Å². The van der Waals surface area contributed by atoms with Crippen LogP contribution in [0.15, 0.2) is 82.1 Å². The number of aromatic nitrogens is 1. The molecule has 0 amide bonds. The molecule has 1 N–H and O–H groups in total. The van der Waals surface area contributed by atoms with Gasteiger partial charge in [-0.05, 0) is 71.0 Å². The minimum Gasteiger partial charge on any atom is -0.497 e. The molecule has 1 aromatic heterocycles. The smallest absolute Gasteiger partial charge is 0.341 e. The van der Waals surface area contributed by atoms with Crippen LogP contribution >= 0.6 is 33.9 Å². The fourth-order valence-corrected chi connectivity index (χ4v) is 6.60. The monoisotopic (exact) mass is 726 g/mol. The van der Waals surface area contributed by atoms with Crippen molar-refractivity contribution < 1.29 is 33.6 Å². The lowest BCUT2D eigenvalue weighted by Gasteiger charge is -2.26. The molecular formula is C32H27IN2O8S. The molecule has 3 aromatic carbocycles. The quantitative estimate of drug-likeness (QED) is 0.192. The Morgan fingerprint density at radius 3 is 2.52 bits per heavy atom. The number of halogens is 1. The molecule has 0 unspecified atom stereocenters. The minimum absolute atomic E-state index is 0.145. The zero-order valence-electron chi connectivity index (χ0n) is 23.9. The fourth-order valence-electron chi connectivity index (χ4n) is 4.82. The van der Waals surface area contributed by atoms with E-state index in [4.69, 9.17) is 29.0 Å². The first-order chi connectivity index (χ1) is 21.2. The van der Waals surface area contributed by atoms with Crippen molar-refractivity contribution in [3.8, 4) is 17.2 Å². The molecule has 1 aliphatic heterocycles.